The molecule has 1 N–H and O–H groups in total. The van der Waals surface area contributed by atoms with E-state index in [4.69, 9.17) is 23.2 Å². The molecule has 0 atom stereocenters. The summed E-state index contributed by atoms with van der Waals surface area (Å²) in [5.41, 5.74) is 0.815. The normalized spacial score (nSPS) is 14.9. The average Bonchev–Trinajstić information content (AvgIpc) is 3.07. The summed E-state index contributed by atoms with van der Waals surface area (Å²) in [5, 5.41) is 4.55. The Morgan fingerprint density at radius 1 is 1.35 bits per heavy atom. The number of carbonyl (C=O) groups is 1. The fourth-order valence-electron chi connectivity index (χ4n) is 1.68. The van der Waals surface area contributed by atoms with E-state index in [1.807, 2.05) is 0 Å². The predicted octanol–water partition coefficient (Wildman–Crippen LogP) is 3.25. The molecule has 0 spiro atoms. The summed E-state index contributed by atoms with van der Waals surface area (Å²) >= 11 is 11.9. The van der Waals surface area contributed by atoms with Gasteiger partial charge >= 0.3 is 0 Å². The topological polar surface area (TPSA) is 29.1 Å². The zero-order valence-corrected chi connectivity index (χ0v) is 11.0. The van der Waals surface area contributed by atoms with Gasteiger partial charge in [0.1, 0.15) is 5.78 Å². The number of benzene rings is 1. The van der Waals surface area contributed by atoms with Crippen LogP contribution in [0.15, 0.2) is 18.2 Å². The maximum Gasteiger partial charge on any atom is 0.138 e. The van der Waals surface area contributed by atoms with Crippen molar-refractivity contribution in [2.24, 2.45) is 0 Å². The number of ketones is 1. The van der Waals surface area contributed by atoms with Crippen molar-refractivity contribution >= 4 is 29.0 Å². The van der Waals surface area contributed by atoms with Crippen LogP contribution in [-0.4, -0.2) is 18.4 Å². The van der Waals surface area contributed by atoms with Crippen molar-refractivity contribution in [3.05, 3.63) is 33.8 Å². The Labute approximate surface area is 111 Å². The molecule has 2 rings (SSSR count). The van der Waals surface area contributed by atoms with E-state index >= 15 is 0 Å². The van der Waals surface area contributed by atoms with Crippen LogP contribution < -0.4 is 5.32 Å². The number of rotatable bonds is 6. The molecule has 0 bridgehead atoms. The standard InChI is InChI=1S/C13H15Cl2NO/c14-10-1-4-13(15)9(7-10)8-12(17)5-6-16-11-2-3-11/h1,4,7,11,16H,2-3,5-6,8H2. The van der Waals surface area contributed by atoms with Crippen LogP contribution in [0.1, 0.15) is 24.8 Å². The van der Waals surface area contributed by atoms with E-state index in [1.165, 1.54) is 12.8 Å². The third-order valence-electron chi connectivity index (χ3n) is 2.81. The number of hydrogen-bond donors (Lipinski definition) is 1. The van der Waals surface area contributed by atoms with Gasteiger partial charge in [0.05, 0.1) is 0 Å². The molecule has 2 nitrogen and oxygen atoms in total. The minimum atomic E-state index is 0.197. The summed E-state index contributed by atoms with van der Waals surface area (Å²) in [7, 11) is 0. The highest BCUT2D eigenvalue weighted by Gasteiger charge is 2.20. The molecule has 17 heavy (non-hydrogen) atoms. The summed E-state index contributed by atoms with van der Waals surface area (Å²) in [6.07, 6.45) is 3.41. The van der Waals surface area contributed by atoms with Gasteiger partial charge in [-0.05, 0) is 36.6 Å². The Morgan fingerprint density at radius 3 is 2.82 bits per heavy atom. The zero-order chi connectivity index (χ0) is 12.3. The number of Topliss-reactive ketones (excluding diaryl/α,β-unsaturated/α-hetero) is 1. The van der Waals surface area contributed by atoms with Crippen LogP contribution in [0.4, 0.5) is 0 Å². The minimum absolute atomic E-state index is 0.197. The van der Waals surface area contributed by atoms with E-state index in [-0.39, 0.29) is 5.78 Å². The number of halogens is 2. The molecule has 1 aromatic carbocycles. The first kappa shape index (κ1) is 12.9. The van der Waals surface area contributed by atoms with E-state index in [0.29, 0.717) is 28.9 Å². The quantitative estimate of drug-likeness (QED) is 0.861. The molecular formula is C13H15Cl2NO. The van der Waals surface area contributed by atoms with Crippen molar-refractivity contribution in [2.75, 3.05) is 6.54 Å². The third-order valence-corrected chi connectivity index (χ3v) is 3.41. The first-order valence-electron chi connectivity index (χ1n) is 5.84. The molecule has 0 unspecified atom stereocenters. The SMILES string of the molecule is O=C(CCNC1CC1)Cc1cc(Cl)ccc1Cl. The summed E-state index contributed by atoms with van der Waals surface area (Å²) < 4.78 is 0. The van der Waals surface area contributed by atoms with Crippen molar-refractivity contribution < 1.29 is 4.79 Å². The zero-order valence-electron chi connectivity index (χ0n) is 9.51. The van der Waals surface area contributed by atoms with Crippen molar-refractivity contribution in [1.29, 1.82) is 0 Å². The molecule has 4 heteroatoms. The van der Waals surface area contributed by atoms with Gasteiger partial charge in [-0.15, -0.1) is 0 Å². The van der Waals surface area contributed by atoms with Gasteiger partial charge in [-0.3, -0.25) is 4.79 Å². The number of hydrogen-bond acceptors (Lipinski definition) is 2. The fraction of sp³-hybridized carbons (Fsp3) is 0.462. The van der Waals surface area contributed by atoms with Crippen LogP contribution in [0.25, 0.3) is 0 Å². The van der Waals surface area contributed by atoms with Gasteiger partial charge in [-0.25, -0.2) is 0 Å². The molecule has 1 fully saturated rings. The van der Waals surface area contributed by atoms with E-state index in [2.05, 4.69) is 5.32 Å². The van der Waals surface area contributed by atoms with Crippen LogP contribution in [-0.2, 0) is 11.2 Å². The molecule has 0 aromatic heterocycles. The minimum Gasteiger partial charge on any atom is -0.314 e. The van der Waals surface area contributed by atoms with Gasteiger partial charge in [-0.2, -0.15) is 0 Å². The maximum absolute atomic E-state index is 11.7. The van der Waals surface area contributed by atoms with E-state index in [0.717, 1.165) is 12.1 Å². The Balaban J connectivity index is 1.81. The van der Waals surface area contributed by atoms with Gasteiger partial charge in [0.25, 0.3) is 0 Å². The molecule has 1 saturated carbocycles. The molecule has 0 heterocycles. The van der Waals surface area contributed by atoms with Crippen LogP contribution >= 0.6 is 23.2 Å². The van der Waals surface area contributed by atoms with Crippen LogP contribution in [0, 0.1) is 0 Å². The highest BCUT2D eigenvalue weighted by molar-refractivity contribution is 6.33. The van der Waals surface area contributed by atoms with Crippen molar-refractivity contribution in [2.45, 2.75) is 31.7 Å². The fourth-order valence-corrected chi connectivity index (χ4v) is 2.06. The largest absolute Gasteiger partial charge is 0.314 e. The van der Waals surface area contributed by atoms with E-state index < -0.39 is 0 Å². The number of nitrogens with one attached hydrogen (secondary N) is 1. The molecular weight excluding hydrogens is 257 g/mol. The van der Waals surface area contributed by atoms with Crippen LogP contribution in [0.3, 0.4) is 0 Å². The smallest absolute Gasteiger partial charge is 0.138 e. The Kier molecular flexibility index (Phi) is 4.43. The summed E-state index contributed by atoms with van der Waals surface area (Å²) in [5.74, 6) is 0.197. The Morgan fingerprint density at radius 2 is 2.12 bits per heavy atom. The molecule has 0 amide bonds. The highest BCUT2D eigenvalue weighted by Crippen LogP contribution is 2.21. The van der Waals surface area contributed by atoms with Crippen LogP contribution in [0.2, 0.25) is 10.0 Å². The second-order valence-corrected chi connectivity index (χ2v) is 5.27. The first-order chi connectivity index (χ1) is 8.15. The van der Waals surface area contributed by atoms with E-state index in [1.54, 1.807) is 18.2 Å². The molecule has 0 saturated heterocycles. The monoisotopic (exact) mass is 271 g/mol. The lowest BCUT2D eigenvalue weighted by atomic mass is 10.1. The Hall–Kier alpha value is -0.570. The number of carbonyl (C=O) groups excluding carboxylic acids is 1. The Bertz CT molecular complexity index is 416. The predicted molar refractivity (Wildman–Crippen MR) is 70.8 cm³/mol. The van der Waals surface area contributed by atoms with Gasteiger partial charge in [0.2, 0.25) is 0 Å². The van der Waals surface area contributed by atoms with E-state index in [9.17, 15) is 4.79 Å². The molecule has 0 radical (unpaired) electrons. The summed E-state index contributed by atoms with van der Waals surface area (Å²) in [6.45, 7) is 0.766. The molecule has 0 aliphatic heterocycles. The second kappa shape index (κ2) is 5.85. The molecule has 1 aliphatic rings. The van der Waals surface area contributed by atoms with Crippen molar-refractivity contribution in [3.8, 4) is 0 Å². The maximum atomic E-state index is 11.7. The van der Waals surface area contributed by atoms with Crippen molar-refractivity contribution in [3.63, 3.8) is 0 Å². The third kappa shape index (κ3) is 4.30. The molecule has 92 valence electrons. The van der Waals surface area contributed by atoms with Gasteiger partial charge < -0.3 is 5.32 Å². The summed E-state index contributed by atoms with van der Waals surface area (Å²) in [4.78, 5) is 11.7. The van der Waals surface area contributed by atoms with Gasteiger partial charge in [-0.1, -0.05) is 23.2 Å². The summed E-state index contributed by atoms with van der Waals surface area (Å²) in [6, 6.07) is 5.87. The molecule has 1 aliphatic carbocycles. The first-order valence-corrected chi connectivity index (χ1v) is 6.60. The van der Waals surface area contributed by atoms with Gasteiger partial charge in [0, 0.05) is 35.5 Å². The molecule has 1 aromatic rings. The average molecular weight is 272 g/mol. The van der Waals surface area contributed by atoms with Gasteiger partial charge in [0.15, 0.2) is 0 Å². The highest BCUT2D eigenvalue weighted by atomic mass is 35.5. The lowest BCUT2D eigenvalue weighted by molar-refractivity contribution is -0.118. The lowest BCUT2D eigenvalue weighted by Gasteiger charge is -2.05. The lowest BCUT2D eigenvalue weighted by Crippen LogP contribution is -2.20. The second-order valence-electron chi connectivity index (χ2n) is 4.43. The van der Waals surface area contributed by atoms with Crippen LogP contribution in [0.5, 0.6) is 0 Å². The van der Waals surface area contributed by atoms with Crippen molar-refractivity contribution in [1.82, 2.24) is 5.32 Å².